The Labute approximate surface area is 168 Å². The lowest BCUT2D eigenvalue weighted by Gasteiger charge is -2.41. The molecule has 1 aliphatic carbocycles. The number of piperidine rings is 1. The van der Waals surface area contributed by atoms with Gasteiger partial charge in [0.15, 0.2) is 0 Å². The maximum absolute atomic E-state index is 12.7. The highest BCUT2D eigenvalue weighted by Crippen LogP contribution is 2.36. The summed E-state index contributed by atoms with van der Waals surface area (Å²) in [7, 11) is 0. The van der Waals surface area contributed by atoms with E-state index in [-0.39, 0.29) is 18.2 Å². The summed E-state index contributed by atoms with van der Waals surface area (Å²) in [5, 5.41) is 0. The molecule has 5 heteroatoms. The predicted octanol–water partition coefficient (Wildman–Crippen LogP) is 3.07. The molecule has 1 saturated carbocycles. The third-order valence-electron chi connectivity index (χ3n) is 7.03. The molecule has 3 fully saturated rings. The Kier molecular flexibility index (Phi) is 5.88. The number of hydrogen-bond acceptors (Lipinski definition) is 3. The summed E-state index contributed by atoms with van der Waals surface area (Å²) in [5.41, 5.74) is 2.52. The zero-order valence-electron chi connectivity index (χ0n) is 17.1. The highest BCUT2D eigenvalue weighted by atomic mass is 16.2. The first-order valence-electron chi connectivity index (χ1n) is 11.0. The number of hydrogen-bond donors (Lipinski definition) is 0. The minimum atomic E-state index is 0.000186. The minimum absolute atomic E-state index is 0.000186. The topological polar surface area (TPSA) is 43.9 Å². The van der Waals surface area contributed by atoms with E-state index in [9.17, 15) is 9.59 Å². The van der Waals surface area contributed by atoms with Crippen LogP contribution in [0.5, 0.6) is 0 Å². The van der Waals surface area contributed by atoms with Crippen LogP contribution in [-0.4, -0.2) is 60.9 Å². The fourth-order valence-corrected chi connectivity index (χ4v) is 5.30. The number of carbonyl (C=O) groups is 2. The van der Waals surface area contributed by atoms with Crippen LogP contribution in [0.1, 0.15) is 44.1 Å². The number of carbonyl (C=O) groups excluding carboxylic acids is 2. The summed E-state index contributed by atoms with van der Waals surface area (Å²) in [6, 6.07) is 8.39. The molecular formula is C23H33N3O2. The van der Waals surface area contributed by atoms with Crippen molar-refractivity contribution in [3.63, 3.8) is 0 Å². The summed E-state index contributed by atoms with van der Waals surface area (Å²) in [6.07, 6.45) is 6.40. The molecule has 2 unspecified atom stereocenters. The van der Waals surface area contributed by atoms with Crippen LogP contribution >= 0.6 is 0 Å². The summed E-state index contributed by atoms with van der Waals surface area (Å²) in [6.45, 7) is 6.90. The van der Waals surface area contributed by atoms with E-state index in [1.165, 1.54) is 36.9 Å². The molecule has 1 aromatic carbocycles. The molecule has 3 aliphatic rings. The molecule has 28 heavy (non-hydrogen) atoms. The number of anilines is 1. The van der Waals surface area contributed by atoms with Crippen LogP contribution < -0.4 is 4.90 Å². The number of aryl methyl sites for hydroxylation is 1. The van der Waals surface area contributed by atoms with Gasteiger partial charge < -0.3 is 14.7 Å². The van der Waals surface area contributed by atoms with Gasteiger partial charge in [-0.3, -0.25) is 9.59 Å². The molecular weight excluding hydrogens is 350 g/mol. The zero-order chi connectivity index (χ0) is 19.5. The number of benzene rings is 1. The van der Waals surface area contributed by atoms with E-state index in [1.54, 1.807) is 0 Å². The molecule has 2 heterocycles. The second-order valence-corrected chi connectivity index (χ2v) is 8.76. The van der Waals surface area contributed by atoms with Crippen molar-refractivity contribution in [3.8, 4) is 0 Å². The standard InChI is InChI=1S/C23H33N3O2/c1-18-6-2-5-9-21(18)24-12-14-25(15-13-24)22(27)16-23(28)26-11-10-19-7-3-4-8-20(19)17-26/h2,5-6,9,19-20H,3-4,7-8,10-17H2,1H3. The van der Waals surface area contributed by atoms with Gasteiger partial charge in [0, 0.05) is 45.0 Å². The highest BCUT2D eigenvalue weighted by molar-refractivity contribution is 5.97. The van der Waals surface area contributed by atoms with Gasteiger partial charge in [0.05, 0.1) is 0 Å². The van der Waals surface area contributed by atoms with Gasteiger partial charge in [0.25, 0.3) is 0 Å². The van der Waals surface area contributed by atoms with Crippen molar-refractivity contribution < 1.29 is 9.59 Å². The largest absolute Gasteiger partial charge is 0.368 e. The van der Waals surface area contributed by atoms with Crippen LogP contribution in [0.4, 0.5) is 5.69 Å². The lowest BCUT2D eigenvalue weighted by atomic mass is 9.75. The van der Waals surface area contributed by atoms with E-state index in [2.05, 4.69) is 36.1 Å². The number of rotatable bonds is 3. The van der Waals surface area contributed by atoms with Crippen molar-refractivity contribution >= 4 is 17.5 Å². The minimum Gasteiger partial charge on any atom is -0.368 e. The lowest BCUT2D eigenvalue weighted by molar-refractivity contribution is -0.142. The second kappa shape index (κ2) is 8.54. The van der Waals surface area contributed by atoms with Crippen LogP contribution in [-0.2, 0) is 9.59 Å². The number of amides is 2. The molecule has 0 bridgehead atoms. The molecule has 2 amide bonds. The van der Waals surface area contributed by atoms with Crippen LogP contribution in [0.25, 0.3) is 0 Å². The monoisotopic (exact) mass is 383 g/mol. The maximum Gasteiger partial charge on any atom is 0.232 e. The van der Waals surface area contributed by atoms with E-state index < -0.39 is 0 Å². The normalized spacial score (nSPS) is 25.4. The van der Waals surface area contributed by atoms with Crippen LogP contribution in [0.3, 0.4) is 0 Å². The van der Waals surface area contributed by atoms with Crippen molar-refractivity contribution in [2.24, 2.45) is 11.8 Å². The summed E-state index contributed by atoms with van der Waals surface area (Å²) >= 11 is 0. The van der Waals surface area contributed by atoms with Gasteiger partial charge in [-0.2, -0.15) is 0 Å². The van der Waals surface area contributed by atoms with Crippen molar-refractivity contribution in [1.82, 2.24) is 9.80 Å². The molecule has 152 valence electrons. The lowest BCUT2D eigenvalue weighted by Crippen LogP contribution is -2.51. The third kappa shape index (κ3) is 4.18. The van der Waals surface area contributed by atoms with Gasteiger partial charge in [0.2, 0.25) is 11.8 Å². The maximum atomic E-state index is 12.7. The molecule has 0 radical (unpaired) electrons. The first-order chi connectivity index (χ1) is 13.6. The van der Waals surface area contributed by atoms with E-state index in [1.807, 2.05) is 9.80 Å². The first-order valence-corrected chi connectivity index (χ1v) is 11.0. The number of para-hydroxylation sites is 1. The molecule has 0 aromatic heterocycles. The van der Waals surface area contributed by atoms with E-state index >= 15 is 0 Å². The van der Waals surface area contributed by atoms with Crippen LogP contribution in [0, 0.1) is 18.8 Å². The van der Waals surface area contributed by atoms with Crippen LogP contribution in [0.15, 0.2) is 24.3 Å². The summed E-state index contributed by atoms with van der Waals surface area (Å²) < 4.78 is 0. The Morgan fingerprint density at radius 3 is 2.29 bits per heavy atom. The number of likely N-dealkylation sites (tertiary alicyclic amines) is 1. The van der Waals surface area contributed by atoms with Gasteiger partial charge in [0.1, 0.15) is 6.42 Å². The Bertz CT molecular complexity index is 712. The number of piperazine rings is 1. The molecule has 0 N–H and O–H groups in total. The predicted molar refractivity (Wildman–Crippen MR) is 111 cm³/mol. The fraction of sp³-hybridized carbons (Fsp3) is 0.652. The SMILES string of the molecule is Cc1ccccc1N1CCN(C(=O)CC(=O)N2CCC3CCCCC3C2)CC1. The quantitative estimate of drug-likeness (QED) is 0.754. The Morgan fingerprint density at radius 2 is 1.54 bits per heavy atom. The zero-order valence-corrected chi connectivity index (χ0v) is 17.1. The molecule has 2 aliphatic heterocycles. The molecule has 2 atom stereocenters. The van der Waals surface area contributed by atoms with Crippen molar-refractivity contribution in [2.45, 2.75) is 45.4 Å². The molecule has 2 saturated heterocycles. The smallest absolute Gasteiger partial charge is 0.232 e. The summed E-state index contributed by atoms with van der Waals surface area (Å²) in [5.74, 6) is 1.51. The van der Waals surface area contributed by atoms with E-state index in [4.69, 9.17) is 0 Å². The molecule has 5 nitrogen and oxygen atoms in total. The third-order valence-corrected chi connectivity index (χ3v) is 7.03. The number of nitrogens with zero attached hydrogens (tertiary/aromatic N) is 3. The molecule has 0 spiro atoms. The van der Waals surface area contributed by atoms with Crippen LogP contribution in [0.2, 0.25) is 0 Å². The molecule has 1 aromatic rings. The number of fused-ring (bicyclic) bond motifs is 1. The summed E-state index contributed by atoms with van der Waals surface area (Å²) in [4.78, 5) is 31.6. The van der Waals surface area contributed by atoms with Gasteiger partial charge in [-0.1, -0.05) is 37.5 Å². The van der Waals surface area contributed by atoms with Crippen molar-refractivity contribution in [1.29, 1.82) is 0 Å². The Hall–Kier alpha value is -2.04. The van der Waals surface area contributed by atoms with E-state index in [0.717, 1.165) is 38.5 Å². The Morgan fingerprint density at radius 1 is 0.857 bits per heavy atom. The van der Waals surface area contributed by atoms with Gasteiger partial charge in [-0.25, -0.2) is 0 Å². The van der Waals surface area contributed by atoms with E-state index in [0.29, 0.717) is 19.0 Å². The Balaban J connectivity index is 1.26. The average Bonchev–Trinajstić information content (AvgIpc) is 2.74. The van der Waals surface area contributed by atoms with Gasteiger partial charge in [-0.05, 0) is 43.2 Å². The van der Waals surface area contributed by atoms with Crippen molar-refractivity contribution in [2.75, 3.05) is 44.2 Å². The van der Waals surface area contributed by atoms with Gasteiger partial charge >= 0.3 is 0 Å². The average molecular weight is 384 g/mol. The highest BCUT2D eigenvalue weighted by Gasteiger charge is 2.34. The fourth-order valence-electron chi connectivity index (χ4n) is 5.30. The molecule has 4 rings (SSSR count). The van der Waals surface area contributed by atoms with Gasteiger partial charge in [-0.15, -0.1) is 0 Å². The van der Waals surface area contributed by atoms with Crippen molar-refractivity contribution in [3.05, 3.63) is 29.8 Å². The second-order valence-electron chi connectivity index (χ2n) is 8.76. The first kappa shape index (κ1) is 19.3.